The highest BCUT2D eigenvalue weighted by molar-refractivity contribution is 8.13. The van der Waals surface area contributed by atoms with E-state index in [1.54, 1.807) is 43.1 Å². The Kier molecular flexibility index (Phi) is 4.20. The second-order valence-electron chi connectivity index (χ2n) is 6.66. The quantitative estimate of drug-likeness (QED) is 0.887. The third kappa shape index (κ3) is 2.81. The minimum absolute atomic E-state index is 0.0849. The highest BCUT2D eigenvalue weighted by atomic mass is 32.3. The average Bonchev–Trinajstić information content (AvgIpc) is 3.00. The monoisotopic (exact) mass is 375 g/mol. The number of fused-ring (bicyclic) bond motifs is 2. The van der Waals surface area contributed by atoms with Gasteiger partial charge in [-0.15, -0.1) is 11.8 Å². The van der Waals surface area contributed by atoms with E-state index in [4.69, 9.17) is 4.74 Å². The number of methoxy groups -OCH3 is 1. The van der Waals surface area contributed by atoms with Crippen molar-refractivity contribution in [3.63, 3.8) is 0 Å². The van der Waals surface area contributed by atoms with Crippen molar-refractivity contribution >= 4 is 27.3 Å². The molecule has 2 heterocycles. The van der Waals surface area contributed by atoms with Gasteiger partial charge in [-0.25, -0.2) is 8.42 Å². The van der Waals surface area contributed by atoms with Crippen LogP contribution >= 0.6 is 11.8 Å². The predicted molar refractivity (Wildman–Crippen MR) is 102 cm³/mol. The van der Waals surface area contributed by atoms with Crippen LogP contribution in [0.1, 0.15) is 18.4 Å². The lowest BCUT2D eigenvalue weighted by Crippen LogP contribution is -2.39. The van der Waals surface area contributed by atoms with Gasteiger partial charge in [0, 0.05) is 17.6 Å². The van der Waals surface area contributed by atoms with E-state index in [9.17, 15) is 8.42 Å². The van der Waals surface area contributed by atoms with Crippen molar-refractivity contribution in [2.75, 3.05) is 24.7 Å². The van der Waals surface area contributed by atoms with Gasteiger partial charge in [0.1, 0.15) is 10.3 Å². The van der Waals surface area contributed by atoms with Crippen LogP contribution in [0.5, 0.6) is 5.75 Å². The molecule has 2 aliphatic heterocycles. The topological polar surface area (TPSA) is 55.4 Å². The highest BCUT2D eigenvalue weighted by Gasteiger charge is 2.46. The minimum atomic E-state index is -3.41. The van der Waals surface area contributed by atoms with Crippen LogP contribution in [0.25, 0.3) is 0 Å². The van der Waals surface area contributed by atoms with Crippen LogP contribution in [-0.2, 0) is 15.3 Å². The van der Waals surface area contributed by atoms with Crippen molar-refractivity contribution in [1.82, 2.24) is 0 Å². The second-order valence-corrected chi connectivity index (χ2v) is 10.4. The fourth-order valence-corrected chi connectivity index (χ4v) is 7.80. The number of para-hydroxylation sites is 1. The van der Waals surface area contributed by atoms with Crippen LogP contribution in [0.15, 0.2) is 53.4 Å². The van der Waals surface area contributed by atoms with Crippen LogP contribution in [0.2, 0.25) is 0 Å². The van der Waals surface area contributed by atoms with Gasteiger partial charge in [0.2, 0.25) is 0 Å². The lowest BCUT2D eigenvalue weighted by atomic mass is 9.77. The lowest BCUT2D eigenvalue weighted by Gasteiger charge is -2.37. The second kappa shape index (κ2) is 6.25. The maximum absolute atomic E-state index is 13.2. The van der Waals surface area contributed by atoms with E-state index in [0.29, 0.717) is 17.1 Å². The van der Waals surface area contributed by atoms with Crippen LogP contribution in [-0.4, -0.2) is 32.4 Å². The molecule has 0 amide bonds. The standard InChI is InChI=1S/C19H21NO3S2/c1-23-14-5-4-6-15(11-14)25(21,22)18-12-19(9-10-24-18)13-20-17-8-3-2-7-16(17)19/h2-8,11,18,20H,9-10,12-13H2,1H3. The summed E-state index contributed by atoms with van der Waals surface area (Å²) in [6, 6.07) is 15.1. The maximum atomic E-state index is 13.2. The van der Waals surface area contributed by atoms with Gasteiger partial charge in [0.15, 0.2) is 9.84 Å². The zero-order valence-electron chi connectivity index (χ0n) is 14.1. The third-order valence-electron chi connectivity index (χ3n) is 5.27. The number of nitrogens with one attached hydrogen (secondary N) is 1. The van der Waals surface area contributed by atoms with E-state index in [2.05, 4.69) is 17.4 Å². The lowest BCUT2D eigenvalue weighted by molar-refractivity contribution is 0.412. The third-order valence-corrected chi connectivity index (χ3v) is 9.19. The normalized spacial score (nSPS) is 25.4. The largest absolute Gasteiger partial charge is 0.497 e. The smallest absolute Gasteiger partial charge is 0.190 e. The molecule has 0 aromatic heterocycles. The molecule has 2 aromatic rings. The van der Waals surface area contributed by atoms with Crippen LogP contribution < -0.4 is 10.1 Å². The summed E-state index contributed by atoms with van der Waals surface area (Å²) in [5.41, 5.74) is 2.33. The van der Waals surface area contributed by atoms with Gasteiger partial charge >= 0.3 is 0 Å². The minimum Gasteiger partial charge on any atom is -0.497 e. The number of hydrogen-bond acceptors (Lipinski definition) is 5. The molecule has 2 atom stereocenters. The van der Waals surface area contributed by atoms with Crippen molar-refractivity contribution in [2.45, 2.75) is 27.7 Å². The molecule has 0 aliphatic carbocycles. The van der Waals surface area contributed by atoms with E-state index in [0.717, 1.165) is 24.4 Å². The molecular weight excluding hydrogens is 354 g/mol. The zero-order chi connectivity index (χ0) is 17.5. The van der Waals surface area contributed by atoms with E-state index < -0.39 is 14.4 Å². The molecule has 132 valence electrons. The fourth-order valence-electron chi connectivity index (χ4n) is 3.86. The van der Waals surface area contributed by atoms with E-state index in [-0.39, 0.29) is 5.41 Å². The molecule has 1 saturated heterocycles. The molecule has 0 radical (unpaired) electrons. The van der Waals surface area contributed by atoms with Gasteiger partial charge in [0.25, 0.3) is 0 Å². The van der Waals surface area contributed by atoms with Gasteiger partial charge in [0.05, 0.1) is 12.0 Å². The summed E-state index contributed by atoms with van der Waals surface area (Å²) in [7, 11) is -1.85. The van der Waals surface area contributed by atoms with Crippen LogP contribution in [0.3, 0.4) is 0 Å². The molecular formula is C19H21NO3S2. The first kappa shape index (κ1) is 16.8. The van der Waals surface area contributed by atoms with Crippen LogP contribution in [0.4, 0.5) is 5.69 Å². The van der Waals surface area contributed by atoms with Crippen molar-refractivity contribution in [3.05, 3.63) is 54.1 Å². The Labute approximate surface area is 152 Å². The molecule has 4 rings (SSSR count). The molecule has 2 aromatic carbocycles. The molecule has 25 heavy (non-hydrogen) atoms. The number of rotatable bonds is 3. The van der Waals surface area contributed by atoms with Crippen molar-refractivity contribution < 1.29 is 13.2 Å². The van der Waals surface area contributed by atoms with Crippen molar-refractivity contribution in [2.24, 2.45) is 0 Å². The molecule has 1 N–H and O–H groups in total. The van der Waals surface area contributed by atoms with Gasteiger partial charge in [-0.05, 0) is 48.4 Å². The Hall–Kier alpha value is -1.66. The Morgan fingerprint density at radius 1 is 1.20 bits per heavy atom. The maximum Gasteiger partial charge on any atom is 0.190 e. The van der Waals surface area contributed by atoms with E-state index >= 15 is 0 Å². The number of anilines is 1. The van der Waals surface area contributed by atoms with E-state index in [1.807, 2.05) is 12.1 Å². The van der Waals surface area contributed by atoms with Gasteiger partial charge < -0.3 is 10.1 Å². The molecule has 4 nitrogen and oxygen atoms in total. The Balaban J connectivity index is 1.68. The zero-order valence-corrected chi connectivity index (χ0v) is 15.7. The Morgan fingerprint density at radius 2 is 2.04 bits per heavy atom. The summed E-state index contributed by atoms with van der Waals surface area (Å²) in [4.78, 5) is 0.348. The summed E-state index contributed by atoms with van der Waals surface area (Å²) in [5, 5.41) is 3.47. The molecule has 6 heteroatoms. The number of ether oxygens (including phenoxy) is 1. The van der Waals surface area contributed by atoms with Gasteiger partial charge in [-0.2, -0.15) is 0 Å². The number of hydrogen-bond donors (Lipinski definition) is 1. The van der Waals surface area contributed by atoms with Crippen molar-refractivity contribution in [1.29, 1.82) is 0 Å². The number of sulfone groups is 1. The Morgan fingerprint density at radius 3 is 2.88 bits per heavy atom. The summed E-state index contributed by atoms with van der Waals surface area (Å²) in [6.45, 7) is 0.817. The summed E-state index contributed by atoms with van der Waals surface area (Å²) < 4.78 is 31.2. The number of thioether (sulfide) groups is 1. The predicted octanol–water partition coefficient (Wildman–Crippen LogP) is 3.69. The molecule has 2 aliphatic rings. The summed E-state index contributed by atoms with van der Waals surface area (Å²) >= 11 is 1.56. The average molecular weight is 376 g/mol. The Bertz CT molecular complexity index is 893. The summed E-state index contributed by atoms with van der Waals surface area (Å²) in [6.07, 6.45) is 1.65. The molecule has 2 unspecified atom stereocenters. The summed E-state index contributed by atoms with van der Waals surface area (Å²) in [5.74, 6) is 1.42. The van der Waals surface area contributed by atoms with Gasteiger partial charge in [-0.1, -0.05) is 24.3 Å². The first-order chi connectivity index (χ1) is 12.0. The molecule has 0 saturated carbocycles. The number of benzene rings is 2. The highest BCUT2D eigenvalue weighted by Crippen LogP contribution is 2.49. The van der Waals surface area contributed by atoms with Crippen LogP contribution in [0, 0.1) is 0 Å². The SMILES string of the molecule is COc1cccc(S(=O)(=O)C2CC3(CCS2)CNc2ccccc23)c1. The fraction of sp³-hybridized carbons (Fsp3) is 0.368. The first-order valence-corrected chi connectivity index (χ1v) is 11.0. The first-order valence-electron chi connectivity index (χ1n) is 8.38. The molecule has 1 fully saturated rings. The van der Waals surface area contributed by atoms with Crippen molar-refractivity contribution in [3.8, 4) is 5.75 Å². The molecule has 0 bridgehead atoms. The van der Waals surface area contributed by atoms with Gasteiger partial charge in [-0.3, -0.25) is 0 Å². The van der Waals surface area contributed by atoms with E-state index in [1.165, 1.54) is 5.56 Å². The molecule has 1 spiro atoms.